The number of nitrogens with two attached hydrogens (primary N) is 1. The second-order valence-electron chi connectivity index (χ2n) is 4.79. The van der Waals surface area contributed by atoms with Gasteiger partial charge in [-0.25, -0.2) is 13.1 Å². The van der Waals surface area contributed by atoms with E-state index in [9.17, 15) is 13.2 Å². The second-order valence-corrected chi connectivity index (χ2v) is 6.56. The summed E-state index contributed by atoms with van der Waals surface area (Å²) in [4.78, 5) is 11.2. The molecule has 0 aromatic heterocycles. The molecule has 5 N–H and O–H groups in total. The summed E-state index contributed by atoms with van der Waals surface area (Å²) in [6.07, 6.45) is -0.489. The van der Waals surface area contributed by atoms with E-state index in [1.165, 1.54) is 12.1 Å². The summed E-state index contributed by atoms with van der Waals surface area (Å²) < 4.78 is 26.6. The Morgan fingerprint density at radius 1 is 1.38 bits per heavy atom. The van der Waals surface area contributed by atoms with Gasteiger partial charge in [-0.1, -0.05) is 6.07 Å². The van der Waals surface area contributed by atoms with Gasteiger partial charge < -0.3 is 16.2 Å². The van der Waals surface area contributed by atoms with Gasteiger partial charge in [0.25, 0.3) is 0 Å². The van der Waals surface area contributed by atoms with Gasteiger partial charge in [0.05, 0.1) is 11.0 Å². The van der Waals surface area contributed by atoms with Gasteiger partial charge in [-0.05, 0) is 31.5 Å². The van der Waals surface area contributed by atoms with E-state index in [1.54, 1.807) is 19.9 Å². The van der Waals surface area contributed by atoms with Crippen molar-refractivity contribution in [3.8, 4) is 0 Å². The van der Waals surface area contributed by atoms with Crippen LogP contribution in [0.5, 0.6) is 0 Å². The molecule has 0 bridgehead atoms. The van der Waals surface area contributed by atoms with Crippen molar-refractivity contribution in [1.29, 1.82) is 0 Å². The first-order valence-electron chi connectivity index (χ1n) is 6.53. The summed E-state index contributed by atoms with van der Waals surface area (Å²) in [5.41, 5.74) is 6.02. The maximum Gasteiger partial charge on any atom is 0.249 e. The lowest BCUT2D eigenvalue weighted by Gasteiger charge is -2.10. The highest BCUT2D eigenvalue weighted by molar-refractivity contribution is 7.89. The molecule has 0 saturated carbocycles. The lowest BCUT2D eigenvalue weighted by molar-refractivity contribution is 0.0999. The molecular formula is C13H21N3O4S. The number of sulfonamides is 1. The highest BCUT2D eigenvalue weighted by Gasteiger charge is 2.16. The maximum absolute atomic E-state index is 12.1. The van der Waals surface area contributed by atoms with Crippen molar-refractivity contribution in [3.05, 3.63) is 29.3 Å². The SMILES string of the molecule is Cc1ccc(S(=O)(=O)NCCNCC(C)O)cc1C(N)=O. The molecule has 0 spiro atoms. The van der Waals surface area contributed by atoms with Crippen molar-refractivity contribution in [2.24, 2.45) is 5.73 Å². The lowest BCUT2D eigenvalue weighted by Crippen LogP contribution is -2.34. The van der Waals surface area contributed by atoms with Gasteiger partial charge in [0.1, 0.15) is 0 Å². The van der Waals surface area contributed by atoms with E-state index in [0.717, 1.165) is 0 Å². The van der Waals surface area contributed by atoms with Crippen molar-refractivity contribution in [1.82, 2.24) is 10.0 Å². The standard InChI is InChI=1S/C13H21N3O4S/c1-9-3-4-11(7-12(9)13(14)18)21(19,20)16-6-5-15-8-10(2)17/h3-4,7,10,15-17H,5-6,8H2,1-2H3,(H2,14,18). The third-order valence-electron chi connectivity index (χ3n) is 2.82. The topological polar surface area (TPSA) is 122 Å². The van der Waals surface area contributed by atoms with Gasteiger partial charge in [-0.3, -0.25) is 4.79 Å². The van der Waals surface area contributed by atoms with E-state index >= 15 is 0 Å². The first-order valence-corrected chi connectivity index (χ1v) is 8.01. The lowest BCUT2D eigenvalue weighted by atomic mass is 10.1. The predicted octanol–water partition coefficient (Wildman–Crippen LogP) is -0.657. The minimum absolute atomic E-state index is 0.00238. The highest BCUT2D eigenvalue weighted by Crippen LogP contribution is 2.15. The molecule has 8 heteroatoms. The van der Waals surface area contributed by atoms with Crippen LogP contribution in [0.1, 0.15) is 22.8 Å². The molecule has 0 aliphatic rings. The van der Waals surface area contributed by atoms with Crippen LogP contribution in [0.25, 0.3) is 0 Å². The van der Waals surface area contributed by atoms with Gasteiger partial charge in [-0.15, -0.1) is 0 Å². The number of aliphatic hydroxyl groups is 1. The summed E-state index contributed by atoms with van der Waals surface area (Å²) in [6, 6.07) is 4.23. The monoisotopic (exact) mass is 315 g/mol. The number of benzene rings is 1. The molecule has 1 aromatic rings. The number of primary amides is 1. The van der Waals surface area contributed by atoms with Crippen LogP contribution in [-0.2, 0) is 10.0 Å². The number of aliphatic hydroxyl groups excluding tert-OH is 1. The normalized spacial score (nSPS) is 13.1. The molecule has 1 atom stereocenters. The Morgan fingerprint density at radius 3 is 2.62 bits per heavy atom. The number of aryl methyl sites for hydroxylation is 1. The molecule has 0 saturated heterocycles. The fraction of sp³-hybridized carbons (Fsp3) is 0.462. The number of hydrogen-bond acceptors (Lipinski definition) is 5. The zero-order chi connectivity index (χ0) is 16.0. The molecule has 21 heavy (non-hydrogen) atoms. The second kappa shape index (κ2) is 7.51. The van der Waals surface area contributed by atoms with Crippen molar-refractivity contribution in [3.63, 3.8) is 0 Å². The van der Waals surface area contributed by atoms with Crippen LogP contribution in [0.4, 0.5) is 0 Å². The van der Waals surface area contributed by atoms with Gasteiger partial charge in [0.15, 0.2) is 0 Å². The van der Waals surface area contributed by atoms with Crippen molar-refractivity contribution in [2.75, 3.05) is 19.6 Å². The van der Waals surface area contributed by atoms with Crippen molar-refractivity contribution < 1.29 is 18.3 Å². The Hall–Kier alpha value is -1.48. The molecule has 0 fully saturated rings. The zero-order valence-corrected chi connectivity index (χ0v) is 12.9. The van der Waals surface area contributed by atoms with Crippen LogP contribution in [0.15, 0.2) is 23.1 Å². The van der Waals surface area contributed by atoms with Crippen LogP contribution in [0.2, 0.25) is 0 Å². The van der Waals surface area contributed by atoms with E-state index in [1.807, 2.05) is 0 Å². The number of carbonyl (C=O) groups excluding carboxylic acids is 1. The van der Waals surface area contributed by atoms with E-state index in [2.05, 4.69) is 10.0 Å². The summed E-state index contributed by atoms with van der Waals surface area (Å²) in [5.74, 6) is -0.664. The number of amides is 1. The average Bonchev–Trinajstić information content (AvgIpc) is 2.37. The predicted molar refractivity (Wildman–Crippen MR) is 79.4 cm³/mol. The van der Waals surface area contributed by atoms with Gasteiger partial charge in [0, 0.05) is 25.2 Å². The number of hydrogen-bond donors (Lipinski definition) is 4. The van der Waals surface area contributed by atoms with Crippen LogP contribution in [0, 0.1) is 6.92 Å². The highest BCUT2D eigenvalue weighted by atomic mass is 32.2. The summed E-state index contributed by atoms with van der Waals surface area (Å²) in [6.45, 7) is 4.27. The van der Waals surface area contributed by atoms with E-state index < -0.39 is 22.0 Å². The average molecular weight is 315 g/mol. The molecule has 0 radical (unpaired) electrons. The van der Waals surface area contributed by atoms with Crippen molar-refractivity contribution >= 4 is 15.9 Å². The Balaban J connectivity index is 2.70. The quantitative estimate of drug-likeness (QED) is 0.475. The van der Waals surface area contributed by atoms with Crippen molar-refractivity contribution in [2.45, 2.75) is 24.8 Å². The number of carbonyl (C=O) groups is 1. The van der Waals surface area contributed by atoms with Crippen LogP contribution >= 0.6 is 0 Å². The molecule has 1 rings (SSSR count). The zero-order valence-electron chi connectivity index (χ0n) is 12.1. The van der Waals surface area contributed by atoms with Crippen LogP contribution < -0.4 is 15.8 Å². The molecule has 1 amide bonds. The van der Waals surface area contributed by atoms with Crippen LogP contribution in [-0.4, -0.2) is 45.2 Å². The Kier molecular flexibility index (Phi) is 6.28. The maximum atomic E-state index is 12.1. The van der Waals surface area contributed by atoms with E-state index in [0.29, 0.717) is 18.7 Å². The number of rotatable bonds is 8. The fourth-order valence-corrected chi connectivity index (χ4v) is 2.76. The Labute approximate surface area is 124 Å². The molecule has 1 unspecified atom stereocenters. The summed E-state index contributed by atoms with van der Waals surface area (Å²) in [5, 5.41) is 11.9. The smallest absolute Gasteiger partial charge is 0.249 e. The Bertz CT molecular complexity index is 599. The minimum atomic E-state index is -3.69. The van der Waals surface area contributed by atoms with Gasteiger partial charge in [0.2, 0.25) is 15.9 Å². The third-order valence-corrected chi connectivity index (χ3v) is 4.28. The van der Waals surface area contributed by atoms with Gasteiger partial charge in [-0.2, -0.15) is 0 Å². The summed E-state index contributed by atoms with van der Waals surface area (Å²) in [7, 11) is -3.69. The Morgan fingerprint density at radius 2 is 2.05 bits per heavy atom. The minimum Gasteiger partial charge on any atom is -0.392 e. The molecule has 0 aliphatic heterocycles. The van der Waals surface area contributed by atoms with E-state index in [-0.39, 0.29) is 17.0 Å². The van der Waals surface area contributed by atoms with E-state index in [4.69, 9.17) is 10.8 Å². The largest absolute Gasteiger partial charge is 0.392 e. The summed E-state index contributed by atoms with van der Waals surface area (Å²) >= 11 is 0. The molecule has 0 aliphatic carbocycles. The molecule has 1 aromatic carbocycles. The third kappa shape index (κ3) is 5.43. The van der Waals surface area contributed by atoms with Crippen LogP contribution in [0.3, 0.4) is 0 Å². The molecule has 118 valence electrons. The molecule has 0 heterocycles. The number of nitrogens with one attached hydrogen (secondary N) is 2. The molecular weight excluding hydrogens is 294 g/mol. The first kappa shape index (κ1) is 17.6. The first-order chi connectivity index (χ1) is 9.74. The molecule has 7 nitrogen and oxygen atoms in total. The van der Waals surface area contributed by atoms with Gasteiger partial charge >= 0.3 is 0 Å². The fourth-order valence-electron chi connectivity index (χ4n) is 1.70.